The van der Waals surface area contributed by atoms with Crippen molar-refractivity contribution in [3.63, 3.8) is 0 Å². The summed E-state index contributed by atoms with van der Waals surface area (Å²) < 4.78 is 8.44. The van der Waals surface area contributed by atoms with Crippen molar-refractivity contribution < 1.29 is 24.5 Å². The number of carboxylic acids is 1. The molecule has 8 heteroatoms. The fourth-order valence-electron chi connectivity index (χ4n) is 3.97. The summed E-state index contributed by atoms with van der Waals surface area (Å²) in [5.41, 5.74) is 3.55. The first-order chi connectivity index (χ1) is 16.2. The summed E-state index contributed by atoms with van der Waals surface area (Å²) >= 11 is 0. The van der Waals surface area contributed by atoms with Crippen molar-refractivity contribution in [2.45, 2.75) is 71.1 Å². The predicted molar refractivity (Wildman–Crippen MR) is 141 cm³/mol. The number of aromatic hydroxyl groups is 1. The zero-order valence-electron chi connectivity index (χ0n) is 21.7. The highest BCUT2D eigenvalue weighted by molar-refractivity contribution is 6.74. The van der Waals surface area contributed by atoms with Gasteiger partial charge in [-0.1, -0.05) is 32.9 Å². The van der Waals surface area contributed by atoms with Crippen LogP contribution >= 0.6 is 0 Å². The van der Waals surface area contributed by atoms with E-state index in [1.165, 1.54) is 0 Å². The number of aliphatic hydroxyl groups excluding tert-OH is 1. The maximum Gasteiger partial charge on any atom is 0.352 e. The maximum absolute atomic E-state index is 11.5. The van der Waals surface area contributed by atoms with E-state index in [2.05, 4.69) is 46.1 Å². The van der Waals surface area contributed by atoms with E-state index in [0.29, 0.717) is 5.56 Å². The van der Waals surface area contributed by atoms with E-state index < -0.39 is 20.5 Å². The van der Waals surface area contributed by atoms with Crippen LogP contribution in [0.3, 0.4) is 0 Å². The molecule has 0 saturated heterocycles. The van der Waals surface area contributed by atoms with E-state index in [1.807, 2.05) is 24.3 Å². The number of rotatable bonds is 9. The smallest absolute Gasteiger partial charge is 0.352 e. The molecule has 0 radical (unpaired) electrons. The van der Waals surface area contributed by atoms with E-state index in [-0.39, 0.29) is 29.1 Å². The van der Waals surface area contributed by atoms with Gasteiger partial charge in [0.2, 0.25) is 0 Å². The number of benzene rings is 2. The molecule has 0 bridgehead atoms. The van der Waals surface area contributed by atoms with Gasteiger partial charge in [-0.3, -0.25) is 5.32 Å². The third-order valence-corrected chi connectivity index (χ3v) is 11.5. The van der Waals surface area contributed by atoms with E-state index in [1.54, 1.807) is 29.8 Å². The number of nitrogens with one attached hydrogen (secondary N) is 1. The first kappa shape index (κ1) is 26.9. The molecule has 0 unspecified atom stereocenters. The highest BCUT2D eigenvalue weighted by Gasteiger charge is 2.39. The molecule has 0 aliphatic heterocycles. The molecule has 0 aliphatic carbocycles. The van der Waals surface area contributed by atoms with Crippen LogP contribution in [0.4, 0.5) is 0 Å². The quantitative estimate of drug-likeness (QED) is 0.235. The van der Waals surface area contributed by atoms with Gasteiger partial charge in [0.05, 0.1) is 6.61 Å². The fourth-order valence-corrected chi connectivity index (χ4v) is 5.11. The van der Waals surface area contributed by atoms with Crippen LogP contribution in [0.1, 0.15) is 61.1 Å². The molecule has 4 N–H and O–H groups in total. The fraction of sp³-hybridized carbons (Fsp3) is 0.444. The number of aromatic nitrogens is 1. The largest absolute Gasteiger partial charge is 0.508 e. The van der Waals surface area contributed by atoms with Gasteiger partial charge in [0, 0.05) is 29.6 Å². The van der Waals surface area contributed by atoms with Gasteiger partial charge >= 0.3 is 5.97 Å². The number of nitrogens with zero attached hydrogens (tertiary/aromatic N) is 1. The lowest BCUT2D eigenvalue weighted by Gasteiger charge is -2.40. The van der Waals surface area contributed by atoms with Crippen molar-refractivity contribution in [2.24, 2.45) is 7.05 Å². The van der Waals surface area contributed by atoms with Crippen molar-refractivity contribution in [2.75, 3.05) is 0 Å². The molecule has 7 nitrogen and oxygen atoms in total. The van der Waals surface area contributed by atoms with Gasteiger partial charge in [-0.15, -0.1) is 0 Å². The van der Waals surface area contributed by atoms with E-state index in [9.17, 15) is 20.1 Å². The van der Waals surface area contributed by atoms with Crippen molar-refractivity contribution in [1.29, 1.82) is 0 Å². The summed E-state index contributed by atoms with van der Waals surface area (Å²) in [4.78, 5) is 11.5. The summed E-state index contributed by atoms with van der Waals surface area (Å²) in [5, 5.41) is 33.6. The highest BCUT2D eigenvalue weighted by atomic mass is 28.4. The summed E-state index contributed by atoms with van der Waals surface area (Å²) in [6.45, 7) is 12.8. The molecule has 2 atom stereocenters. The Hall–Kier alpha value is -2.65. The van der Waals surface area contributed by atoms with Gasteiger partial charge in [0.25, 0.3) is 0 Å². The first-order valence-electron chi connectivity index (χ1n) is 11.9. The van der Waals surface area contributed by atoms with Gasteiger partial charge in [-0.05, 0) is 72.9 Å². The molecule has 3 rings (SSSR count). The molecule has 0 saturated carbocycles. The van der Waals surface area contributed by atoms with Crippen LogP contribution in [0, 0.1) is 0 Å². The number of fused-ring (bicyclic) bond motifs is 1. The van der Waals surface area contributed by atoms with Gasteiger partial charge in [0.15, 0.2) is 8.32 Å². The van der Waals surface area contributed by atoms with Crippen molar-refractivity contribution in [3.05, 3.63) is 64.8 Å². The standard InChI is InChI=1S/C27H38N2O5Si/c1-17(12-18-8-10-22-20(13-18)15-23(26(32)33)29(22)5)28-25(34-35(6,7)27(2,3)4)19-9-11-24(31)21(14-19)16-30/h8-11,13-15,17,25,28,30-31H,12,16H2,1-7H3,(H,32,33)/t17-,25-/m1/s1. The van der Waals surface area contributed by atoms with Crippen LogP contribution in [0.5, 0.6) is 5.75 Å². The molecule has 0 fully saturated rings. The summed E-state index contributed by atoms with van der Waals surface area (Å²) in [6.07, 6.45) is 0.311. The van der Waals surface area contributed by atoms with Crippen LogP contribution in [-0.4, -0.2) is 40.2 Å². The second-order valence-corrected chi connectivity index (χ2v) is 15.6. The van der Waals surface area contributed by atoms with Gasteiger partial charge in [-0.25, -0.2) is 4.79 Å². The SMILES string of the molecule is C[C@H](Cc1ccc2c(c1)cc(C(=O)O)n2C)N[C@H](O[Si](C)(C)C(C)(C)C)c1ccc(O)c(CO)c1. The lowest BCUT2D eigenvalue weighted by atomic mass is 10.0. The zero-order chi connectivity index (χ0) is 26.1. The Morgan fingerprint density at radius 1 is 1.14 bits per heavy atom. The molecule has 3 aromatic rings. The Bertz CT molecular complexity index is 1210. The number of hydrogen-bond donors (Lipinski definition) is 4. The second-order valence-electron chi connectivity index (χ2n) is 10.9. The molecule has 0 amide bonds. The lowest BCUT2D eigenvalue weighted by molar-refractivity contribution is 0.0687. The number of aliphatic hydroxyl groups is 1. The van der Waals surface area contributed by atoms with Crippen LogP contribution in [-0.2, 0) is 24.5 Å². The third-order valence-electron chi connectivity index (χ3n) is 7.10. The Morgan fingerprint density at radius 3 is 2.43 bits per heavy atom. The predicted octanol–water partition coefficient (Wildman–Crippen LogP) is 5.32. The molecule has 190 valence electrons. The average molecular weight is 499 g/mol. The number of carbonyl (C=O) groups is 1. The Morgan fingerprint density at radius 2 is 1.83 bits per heavy atom. The van der Waals surface area contributed by atoms with E-state index >= 15 is 0 Å². The summed E-state index contributed by atoms with van der Waals surface area (Å²) in [6, 6.07) is 13.0. The second kappa shape index (κ2) is 10.1. The minimum atomic E-state index is -2.15. The number of aryl methyl sites for hydroxylation is 1. The molecule has 0 spiro atoms. The average Bonchev–Trinajstić information content (AvgIpc) is 3.08. The third kappa shape index (κ3) is 5.95. The van der Waals surface area contributed by atoms with Crippen LogP contribution < -0.4 is 5.32 Å². The minimum Gasteiger partial charge on any atom is -0.508 e. The molecule has 0 aliphatic rings. The molecule has 35 heavy (non-hydrogen) atoms. The van der Waals surface area contributed by atoms with Crippen molar-refractivity contribution in [1.82, 2.24) is 9.88 Å². The van der Waals surface area contributed by atoms with Crippen LogP contribution in [0.25, 0.3) is 10.9 Å². The topological polar surface area (TPSA) is 104 Å². The summed E-state index contributed by atoms with van der Waals surface area (Å²) in [5.74, 6) is -0.880. The normalized spacial score (nSPS) is 14.3. The Labute approximate surface area is 208 Å². The molecular formula is C27H38N2O5Si. The maximum atomic E-state index is 11.5. The Balaban J connectivity index is 1.87. The monoisotopic (exact) mass is 498 g/mol. The van der Waals surface area contributed by atoms with Gasteiger partial charge in [-0.2, -0.15) is 0 Å². The minimum absolute atomic E-state index is 0.00703. The van der Waals surface area contributed by atoms with Crippen LogP contribution in [0.15, 0.2) is 42.5 Å². The number of phenols is 1. The zero-order valence-corrected chi connectivity index (χ0v) is 22.7. The van der Waals surface area contributed by atoms with Crippen molar-refractivity contribution >= 4 is 25.2 Å². The lowest BCUT2D eigenvalue weighted by Crippen LogP contribution is -2.46. The van der Waals surface area contributed by atoms with Gasteiger partial charge < -0.3 is 24.3 Å². The number of aromatic carboxylic acids is 1. The van der Waals surface area contributed by atoms with E-state index in [0.717, 1.165) is 28.5 Å². The Kier molecular flexibility index (Phi) is 7.81. The first-order valence-corrected chi connectivity index (χ1v) is 14.8. The highest BCUT2D eigenvalue weighted by Crippen LogP contribution is 2.39. The molecule has 2 aromatic carbocycles. The molecular weight excluding hydrogens is 460 g/mol. The van der Waals surface area contributed by atoms with Crippen molar-refractivity contribution in [3.8, 4) is 5.75 Å². The van der Waals surface area contributed by atoms with E-state index in [4.69, 9.17) is 4.43 Å². The van der Waals surface area contributed by atoms with Gasteiger partial charge in [0.1, 0.15) is 17.7 Å². The van der Waals surface area contributed by atoms with Crippen LogP contribution in [0.2, 0.25) is 18.1 Å². The number of carboxylic acid groups (broad SMARTS) is 1. The summed E-state index contributed by atoms with van der Waals surface area (Å²) in [7, 11) is -0.387. The molecule has 1 aromatic heterocycles. The molecule has 1 heterocycles. The number of hydrogen-bond acceptors (Lipinski definition) is 5.